The van der Waals surface area contributed by atoms with E-state index in [2.05, 4.69) is 10.3 Å². The van der Waals surface area contributed by atoms with E-state index in [4.69, 9.17) is 10.8 Å². The molecule has 4 nitrogen and oxygen atoms in total. The summed E-state index contributed by atoms with van der Waals surface area (Å²) >= 11 is 0. The number of nitrogen functional groups attached to an aromatic ring is 1. The van der Waals surface area contributed by atoms with Gasteiger partial charge >= 0.3 is 0 Å². The normalized spacial score (nSPS) is 24.7. The first-order chi connectivity index (χ1) is 7.15. The number of rotatable bonds is 3. The summed E-state index contributed by atoms with van der Waals surface area (Å²) in [5.41, 5.74) is 7.43. The molecule has 0 unspecified atom stereocenters. The number of nitrogens with zero attached hydrogens (tertiary/aromatic N) is 1. The molecule has 82 valence electrons. The quantitative estimate of drug-likeness (QED) is 0.695. The SMILES string of the molecule is Cc1ccc(N)c(NCC2CC(O)C2)n1. The Labute approximate surface area is 89.5 Å². The molecule has 1 heterocycles. The maximum atomic E-state index is 9.15. The Morgan fingerprint density at radius 3 is 2.93 bits per heavy atom. The highest BCUT2D eigenvalue weighted by atomic mass is 16.3. The zero-order chi connectivity index (χ0) is 10.8. The zero-order valence-corrected chi connectivity index (χ0v) is 8.90. The van der Waals surface area contributed by atoms with Crippen molar-refractivity contribution < 1.29 is 5.11 Å². The molecule has 15 heavy (non-hydrogen) atoms. The molecule has 0 aromatic carbocycles. The lowest BCUT2D eigenvalue weighted by atomic mass is 9.82. The maximum Gasteiger partial charge on any atom is 0.149 e. The number of aromatic nitrogens is 1. The minimum atomic E-state index is -0.0976. The smallest absolute Gasteiger partial charge is 0.149 e. The monoisotopic (exact) mass is 207 g/mol. The van der Waals surface area contributed by atoms with Crippen LogP contribution in [-0.4, -0.2) is 22.7 Å². The van der Waals surface area contributed by atoms with Gasteiger partial charge in [-0.2, -0.15) is 0 Å². The minimum absolute atomic E-state index is 0.0976. The van der Waals surface area contributed by atoms with Crippen molar-refractivity contribution in [3.05, 3.63) is 17.8 Å². The Hall–Kier alpha value is -1.29. The molecular formula is C11H17N3O. The van der Waals surface area contributed by atoms with E-state index >= 15 is 0 Å². The van der Waals surface area contributed by atoms with E-state index in [9.17, 15) is 0 Å². The van der Waals surface area contributed by atoms with Gasteiger partial charge in [0.1, 0.15) is 5.82 Å². The highest BCUT2D eigenvalue weighted by molar-refractivity contribution is 5.61. The second kappa shape index (κ2) is 4.06. The van der Waals surface area contributed by atoms with Crippen molar-refractivity contribution in [2.24, 2.45) is 5.92 Å². The van der Waals surface area contributed by atoms with Crippen molar-refractivity contribution in [3.8, 4) is 0 Å². The summed E-state index contributed by atoms with van der Waals surface area (Å²) in [6.07, 6.45) is 1.68. The number of nitrogens with two attached hydrogens (primary N) is 1. The molecule has 4 heteroatoms. The van der Waals surface area contributed by atoms with Crippen molar-refractivity contribution >= 4 is 11.5 Å². The number of aliphatic hydroxyl groups excluding tert-OH is 1. The number of nitrogens with one attached hydrogen (secondary N) is 1. The van der Waals surface area contributed by atoms with E-state index in [-0.39, 0.29) is 6.10 Å². The lowest BCUT2D eigenvalue weighted by Gasteiger charge is -2.31. The summed E-state index contributed by atoms with van der Waals surface area (Å²) in [5.74, 6) is 1.32. The predicted molar refractivity (Wildman–Crippen MR) is 60.6 cm³/mol. The molecule has 2 rings (SSSR count). The molecule has 0 bridgehead atoms. The second-order valence-corrected chi connectivity index (χ2v) is 4.26. The summed E-state index contributed by atoms with van der Waals surface area (Å²) < 4.78 is 0. The molecule has 4 N–H and O–H groups in total. The molecule has 1 aromatic rings. The van der Waals surface area contributed by atoms with E-state index in [1.54, 1.807) is 0 Å². The highest BCUT2D eigenvalue weighted by Gasteiger charge is 2.26. The van der Waals surface area contributed by atoms with Crippen LogP contribution in [0.25, 0.3) is 0 Å². The Bertz CT molecular complexity index is 348. The van der Waals surface area contributed by atoms with Gasteiger partial charge in [-0.3, -0.25) is 0 Å². The molecule has 0 radical (unpaired) electrons. The van der Waals surface area contributed by atoms with E-state index in [1.165, 1.54) is 0 Å². The lowest BCUT2D eigenvalue weighted by molar-refractivity contribution is 0.0486. The number of hydrogen-bond donors (Lipinski definition) is 3. The number of aryl methyl sites for hydroxylation is 1. The fraction of sp³-hybridized carbons (Fsp3) is 0.545. The van der Waals surface area contributed by atoms with Gasteiger partial charge < -0.3 is 16.2 Å². The van der Waals surface area contributed by atoms with Crippen LogP contribution in [0.5, 0.6) is 0 Å². The Balaban J connectivity index is 1.90. The minimum Gasteiger partial charge on any atom is -0.396 e. The molecule has 1 fully saturated rings. The lowest BCUT2D eigenvalue weighted by Crippen LogP contribution is -2.33. The third-order valence-corrected chi connectivity index (χ3v) is 2.83. The van der Waals surface area contributed by atoms with Gasteiger partial charge in [-0.15, -0.1) is 0 Å². The van der Waals surface area contributed by atoms with Crippen LogP contribution in [0.15, 0.2) is 12.1 Å². The molecule has 1 aliphatic rings. The molecule has 0 atom stereocenters. The maximum absolute atomic E-state index is 9.15. The van der Waals surface area contributed by atoms with Crippen LogP contribution in [-0.2, 0) is 0 Å². The molecule has 0 amide bonds. The summed E-state index contributed by atoms with van der Waals surface area (Å²) in [6, 6.07) is 3.76. The second-order valence-electron chi connectivity index (χ2n) is 4.26. The Morgan fingerprint density at radius 1 is 1.53 bits per heavy atom. The summed E-state index contributed by atoms with van der Waals surface area (Å²) in [6.45, 7) is 2.79. The molecule has 0 aliphatic heterocycles. The van der Waals surface area contributed by atoms with Crippen LogP contribution >= 0.6 is 0 Å². The van der Waals surface area contributed by atoms with Crippen LogP contribution < -0.4 is 11.1 Å². The average Bonchev–Trinajstić information content (AvgIpc) is 2.16. The summed E-state index contributed by atoms with van der Waals surface area (Å²) in [4.78, 5) is 4.32. The first kappa shape index (κ1) is 10.2. The topological polar surface area (TPSA) is 71.2 Å². The fourth-order valence-corrected chi connectivity index (χ4v) is 1.82. The molecule has 0 saturated heterocycles. The van der Waals surface area contributed by atoms with Gasteiger partial charge in [0.05, 0.1) is 11.8 Å². The number of anilines is 2. The first-order valence-electron chi connectivity index (χ1n) is 5.30. The van der Waals surface area contributed by atoms with Crippen molar-refractivity contribution in [2.45, 2.75) is 25.9 Å². The Morgan fingerprint density at radius 2 is 2.27 bits per heavy atom. The largest absolute Gasteiger partial charge is 0.396 e. The average molecular weight is 207 g/mol. The van der Waals surface area contributed by atoms with E-state index in [0.29, 0.717) is 11.6 Å². The van der Waals surface area contributed by atoms with E-state index in [1.807, 2.05) is 19.1 Å². The van der Waals surface area contributed by atoms with Gasteiger partial charge in [0, 0.05) is 12.2 Å². The third-order valence-electron chi connectivity index (χ3n) is 2.83. The molecule has 1 aliphatic carbocycles. The highest BCUT2D eigenvalue weighted by Crippen LogP contribution is 2.27. The third kappa shape index (κ3) is 2.39. The van der Waals surface area contributed by atoms with Gasteiger partial charge in [-0.1, -0.05) is 0 Å². The first-order valence-corrected chi connectivity index (χ1v) is 5.30. The van der Waals surface area contributed by atoms with Crippen LogP contribution in [0.3, 0.4) is 0 Å². The number of aliphatic hydroxyl groups is 1. The standard InChI is InChI=1S/C11H17N3O/c1-7-2-3-10(12)11(14-7)13-6-8-4-9(15)5-8/h2-3,8-9,15H,4-6,12H2,1H3,(H,13,14). The van der Waals surface area contributed by atoms with Crippen LogP contribution in [0.1, 0.15) is 18.5 Å². The zero-order valence-electron chi connectivity index (χ0n) is 8.90. The van der Waals surface area contributed by atoms with Crippen molar-refractivity contribution in [2.75, 3.05) is 17.6 Å². The van der Waals surface area contributed by atoms with Crippen molar-refractivity contribution in [3.63, 3.8) is 0 Å². The summed E-state index contributed by atoms with van der Waals surface area (Å²) in [7, 11) is 0. The fourth-order valence-electron chi connectivity index (χ4n) is 1.82. The summed E-state index contributed by atoms with van der Waals surface area (Å²) in [5, 5.41) is 12.4. The Kier molecular flexibility index (Phi) is 2.77. The number of hydrogen-bond acceptors (Lipinski definition) is 4. The van der Waals surface area contributed by atoms with Gasteiger partial charge in [-0.05, 0) is 37.8 Å². The van der Waals surface area contributed by atoms with Crippen LogP contribution in [0.2, 0.25) is 0 Å². The van der Waals surface area contributed by atoms with Gasteiger partial charge in [0.2, 0.25) is 0 Å². The van der Waals surface area contributed by atoms with Gasteiger partial charge in [0.25, 0.3) is 0 Å². The molecule has 1 saturated carbocycles. The van der Waals surface area contributed by atoms with Gasteiger partial charge in [-0.25, -0.2) is 4.98 Å². The molecule has 1 aromatic heterocycles. The van der Waals surface area contributed by atoms with E-state index in [0.717, 1.165) is 30.9 Å². The van der Waals surface area contributed by atoms with Crippen molar-refractivity contribution in [1.82, 2.24) is 4.98 Å². The molecule has 0 spiro atoms. The number of pyridine rings is 1. The molecular weight excluding hydrogens is 190 g/mol. The van der Waals surface area contributed by atoms with Crippen LogP contribution in [0.4, 0.5) is 11.5 Å². The van der Waals surface area contributed by atoms with E-state index < -0.39 is 0 Å². The van der Waals surface area contributed by atoms with Crippen LogP contribution in [0, 0.1) is 12.8 Å². The van der Waals surface area contributed by atoms with Gasteiger partial charge in [0.15, 0.2) is 0 Å². The van der Waals surface area contributed by atoms with Crippen molar-refractivity contribution in [1.29, 1.82) is 0 Å². The predicted octanol–water partition coefficient (Wildman–Crippen LogP) is 1.16.